The smallest absolute Gasteiger partial charge is 0.261 e. The van der Waals surface area contributed by atoms with Crippen molar-refractivity contribution in [3.63, 3.8) is 0 Å². The minimum atomic E-state index is -0.778. The van der Waals surface area contributed by atoms with Crippen LogP contribution < -0.4 is 4.90 Å². The number of hydrogen-bond donors (Lipinski definition) is 0. The lowest BCUT2D eigenvalue weighted by molar-refractivity contribution is -0.120. The van der Waals surface area contributed by atoms with Gasteiger partial charge in [-0.3, -0.25) is 14.4 Å². The van der Waals surface area contributed by atoms with E-state index in [1.54, 1.807) is 0 Å². The highest BCUT2D eigenvalue weighted by Gasteiger charge is 2.40. The topological polar surface area (TPSA) is 54.5 Å². The van der Waals surface area contributed by atoms with Gasteiger partial charge in [0.25, 0.3) is 17.1 Å². The second-order valence-electron chi connectivity index (χ2n) is 5.17. The van der Waals surface area contributed by atoms with Crippen LogP contribution in [-0.4, -0.2) is 17.1 Å². The Balaban J connectivity index is 2.09. The van der Waals surface area contributed by atoms with Crippen molar-refractivity contribution in [3.05, 3.63) is 38.9 Å². The summed E-state index contributed by atoms with van der Waals surface area (Å²) in [6, 6.07) is 2.60. The first-order chi connectivity index (χ1) is 10.4. The lowest BCUT2D eigenvalue weighted by atomic mass is 9.93. The zero-order valence-corrected chi connectivity index (χ0v) is 13.6. The summed E-state index contributed by atoms with van der Waals surface area (Å²) in [6.45, 7) is 0. The van der Waals surface area contributed by atoms with Crippen molar-refractivity contribution in [3.8, 4) is 0 Å². The summed E-state index contributed by atoms with van der Waals surface area (Å²) in [5.74, 6) is -0.756. The van der Waals surface area contributed by atoms with E-state index in [0.717, 1.165) is 17.7 Å². The Hall–Kier alpha value is -1.36. The Bertz CT molecular complexity index is 727. The number of halogens is 3. The molecule has 0 radical (unpaired) electrons. The molecule has 0 spiro atoms. The van der Waals surface area contributed by atoms with Crippen LogP contribution in [0, 0.1) is 0 Å². The zero-order valence-electron chi connectivity index (χ0n) is 11.3. The van der Waals surface area contributed by atoms with Crippen LogP contribution in [0.15, 0.2) is 23.3 Å². The van der Waals surface area contributed by atoms with Crippen LogP contribution in [-0.2, 0) is 9.59 Å². The fourth-order valence-corrected chi connectivity index (χ4v) is 3.58. The van der Waals surface area contributed by atoms with Gasteiger partial charge in [0.05, 0.1) is 21.3 Å². The van der Waals surface area contributed by atoms with Crippen molar-refractivity contribution in [1.82, 2.24) is 0 Å². The lowest BCUT2D eigenvalue weighted by Gasteiger charge is -2.18. The van der Waals surface area contributed by atoms with Crippen molar-refractivity contribution in [2.75, 3.05) is 4.90 Å². The molecule has 2 amide bonds. The Kier molecular flexibility index (Phi) is 4.02. The molecule has 7 heteroatoms. The molecule has 0 unspecified atom stereocenters. The van der Waals surface area contributed by atoms with Gasteiger partial charge in [-0.2, -0.15) is 0 Å². The normalized spacial score (nSPS) is 18.0. The molecule has 0 fully saturated rings. The zero-order chi connectivity index (χ0) is 16.0. The van der Waals surface area contributed by atoms with Crippen LogP contribution in [0.1, 0.15) is 36.0 Å². The van der Waals surface area contributed by atoms with E-state index in [1.807, 2.05) is 0 Å². The standard InChI is InChI=1S/C15H10Cl3NO3/c16-10-6-11(17)12(5-9(10)13(18)20)19-14(21)7-3-1-2-4-8(7)15(19)22/h5-6H,1-4H2. The fourth-order valence-electron chi connectivity index (χ4n) is 2.82. The Morgan fingerprint density at radius 2 is 1.50 bits per heavy atom. The number of rotatable bonds is 2. The first-order valence-electron chi connectivity index (χ1n) is 6.71. The largest absolute Gasteiger partial charge is 0.276 e. The Labute approximate surface area is 141 Å². The quantitative estimate of drug-likeness (QED) is 0.590. The number of amides is 2. The molecule has 0 saturated carbocycles. The average Bonchev–Trinajstić information content (AvgIpc) is 2.72. The van der Waals surface area contributed by atoms with Crippen molar-refractivity contribution >= 4 is 57.5 Å². The minimum absolute atomic E-state index is 0.00760. The molecule has 114 valence electrons. The number of carbonyl (C=O) groups excluding carboxylic acids is 3. The van der Waals surface area contributed by atoms with E-state index in [-0.39, 0.29) is 33.1 Å². The SMILES string of the molecule is O=C(Cl)c1cc(N2C(=O)C3=C(CCCC3)C2=O)c(Cl)cc1Cl. The summed E-state index contributed by atoms with van der Waals surface area (Å²) < 4.78 is 0. The second kappa shape index (κ2) is 5.69. The van der Waals surface area contributed by atoms with E-state index in [4.69, 9.17) is 34.8 Å². The van der Waals surface area contributed by atoms with Gasteiger partial charge in [0.2, 0.25) is 0 Å². The van der Waals surface area contributed by atoms with Crippen LogP contribution in [0.25, 0.3) is 0 Å². The molecule has 1 aromatic rings. The molecule has 0 atom stereocenters. The van der Waals surface area contributed by atoms with Crippen LogP contribution in [0.3, 0.4) is 0 Å². The monoisotopic (exact) mass is 357 g/mol. The summed E-state index contributed by atoms with van der Waals surface area (Å²) in [5, 5.41) is -0.585. The molecule has 4 nitrogen and oxygen atoms in total. The number of benzene rings is 1. The van der Waals surface area contributed by atoms with Gasteiger partial charge < -0.3 is 0 Å². The molecule has 1 aliphatic heterocycles. The molecule has 3 rings (SSSR count). The van der Waals surface area contributed by atoms with Gasteiger partial charge in [-0.25, -0.2) is 4.90 Å². The van der Waals surface area contributed by atoms with Crippen molar-refractivity contribution in [2.24, 2.45) is 0 Å². The predicted octanol–water partition coefficient (Wildman–Crippen LogP) is 4.12. The molecular formula is C15H10Cl3NO3. The van der Waals surface area contributed by atoms with E-state index in [1.165, 1.54) is 12.1 Å². The van der Waals surface area contributed by atoms with Crippen LogP contribution in [0.4, 0.5) is 5.69 Å². The van der Waals surface area contributed by atoms with Gasteiger partial charge >= 0.3 is 0 Å². The molecule has 1 aromatic carbocycles. The van der Waals surface area contributed by atoms with Crippen LogP contribution >= 0.6 is 34.8 Å². The van der Waals surface area contributed by atoms with Gasteiger partial charge in [0.15, 0.2) is 0 Å². The molecule has 0 aromatic heterocycles. The maximum atomic E-state index is 12.5. The highest BCUT2D eigenvalue weighted by Crippen LogP contribution is 2.40. The summed E-state index contributed by atoms with van der Waals surface area (Å²) in [6.07, 6.45) is 2.93. The molecule has 1 aliphatic carbocycles. The predicted molar refractivity (Wildman–Crippen MR) is 84.6 cm³/mol. The highest BCUT2D eigenvalue weighted by molar-refractivity contribution is 6.69. The molecule has 2 aliphatic rings. The maximum absolute atomic E-state index is 12.5. The number of carbonyl (C=O) groups is 3. The van der Waals surface area contributed by atoms with Crippen molar-refractivity contribution in [1.29, 1.82) is 0 Å². The Morgan fingerprint density at radius 3 is 2.00 bits per heavy atom. The summed E-state index contributed by atoms with van der Waals surface area (Å²) >= 11 is 17.5. The van der Waals surface area contributed by atoms with E-state index in [2.05, 4.69) is 0 Å². The minimum Gasteiger partial charge on any atom is -0.276 e. The molecule has 0 saturated heterocycles. The van der Waals surface area contributed by atoms with E-state index >= 15 is 0 Å². The first kappa shape index (κ1) is 15.5. The van der Waals surface area contributed by atoms with Crippen LogP contribution in [0.5, 0.6) is 0 Å². The van der Waals surface area contributed by atoms with Crippen molar-refractivity contribution in [2.45, 2.75) is 25.7 Å². The lowest BCUT2D eigenvalue weighted by Crippen LogP contribution is -2.32. The number of anilines is 1. The van der Waals surface area contributed by atoms with E-state index in [0.29, 0.717) is 24.0 Å². The molecule has 22 heavy (non-hydrogen) atoms. The third kappa shape index (κ3) is 2.35. The maximum Gasteiger partial charge on any atom is 0.261 e. The summed E-state index contributed by atoms with van der Waals surface area (Å²) in [4.78, 5) is 37.4. The number of hydrogen-bond acceptors (Lipinski definition) is 3. The molecule has 1 heterocycles. The van der Waals surface area contributed by atoms with Gasteiger partial charge in [0.1, 0.15) is 0 Å². The first-order valence-corrected chi connectivity index (χ1v) is 7.85. The van der Waals surface area contributed by atoms with Gasteiger partial charge in [-0.05, 0) is 49.4 Å². The van der Waals surface area contributed by atoms with Crippen LogP contribution in [0.2, 0.25) is 10.0 Å². The second-order valence-corrected chi connectivity index (χ2v) is 6.32. The molecule has 0 N–H and O–H groups in total. The van der Waals surface area contributed by atoms with Gasteiger partial charge in [0, 0.05) is 11.1 Å². The third-order valence-corrected chi connectivity index (χ3v) is 4.70. The number of nitrogens with zero attached hydrogens (tertiary/aromatic N) is 1. The molecular weight excluding hydrogens is 349 g/mol. The summed E-state index contributed by atoms with van der Waals surface area (Å²) in [5.41, 5.74) is 1.23. The van der Waals surface area contributed by atoms with E-state index < -0.39 is 5.24 Å². The average molecular weight is 359 g/mol. The third-order valence-electron chi connectivity index (χ3n) is 3.88. The summed E-state index contributed by atoms with van der Waals surface area (Å²) in [7, 11) is 0. The number of imide groups is 1. The van der Waals surface area contributed by atoms with Gasteiger partial charge in [-0.1, -0.05) is 23.2 Å². The van der Waals surface area contributed by atoms with Crippen molar-refractivity contribution < 1.29 is 14.4 Å². The Morgan fingerprint density at radius 1 is 0.955 bits per heavy atom. The van der Waals surface area contributed by atoms with Gasteiger partial charge in [-0.15, -0.1) is 0 Å². The fraction of sp³-hybridized carbons (Fsp3) is 0.267. The van der Waals surface area contributed by atoms with E-state index in [9.17, 15) is 14.4 Å². The highest BCUT2D eigenvalue weighted by atomic mass is 35.5. The molecule has 0 bridgehead atoms.